The average molecular weight is 398 g/mol. The molecule has 1 fully saturated rings. The van der Waals surface area contributed by atoms with Crippen LogP contribution in [-0.4, -0.2) is 25.8 Å². The van der Waals surface area contributed by atoms with Crippen molar-refractivity contribution < 1.29 is 4.79 Å². The standard InChI is InChI=1S/C21H20ClN3OS/c22-16-10-12-17(13-11-16)25-20(14-15-6-2-1-3-7-15)23-24-21(25)27-19-9-5-4-8-18(19)26/h1-3,6-7,10-13,19H,4-5,8-9,14H2/t19-/m0/s1. The molecule has 6 heteroatoms. The number of halogens is 1. The second-order valence-corrected chi connectivity index (χ2v) is 8.30. The van der Waals surface area contributed by atoms with Crippen LogP contribution in [0.5, 0.6) is 0 Å². The lowest BCUT2D eigenvalue weighted by molar-refractivity contribution is -0.119. The normalized spacial score (nSPS) is 17.2. The predicted molar refractivity (Wildman–Crippen MR) is 109 cm³/mol. The van der Waals surface area contributed by atoms with Crippen LogP contribution < -0.4 is 0 Å². The van der Waals surface area contributed by atoms with E-state index in [1.807, 2.05) is 42.5 Å². The number of Topliss-reactive ketones (excluding diaryl/α,β-unsaturated/α-hetero) is 1. The zero-order valence-electron chi connectivity index (χ0n) is 14.8. The third kappa shape index (κ3) is 4.25. The molecule has 1 atom stereocenters. The summed E-state index contributed by atoms with van der Waals surface area (Å²) in [5.41, 5.74) is 2.13. The van der Waals surface area contributed by atoms with Crippen LogP contribution in [-0.2, 0) is 11.2 Å². The molecule has 0 amide bonds. The lowest BCUT2D eigenvalue weighted by Gasteiger charge is -2.20. The minimum Gasteiger partial charge on any atom is -0.298 e. The van der Waals surface area contributed by atoms with Gasteiger partial charge < -0.3 is 0 Å². The molecule has 27 heavy (non-hydrogen) atoms. The van der Waals surface area contributed by atoms with Crippen LogP contribution in [0.15, 0.2) is 59.8 Å². The Morgan fingerprint density at radius 1 is 1.04 bits per heavy atom. The molecule has 138 valence electrons. The van der Waals surface area contributed by atoms with Crippen molar-refractivity contribution in [3.05, 3.63) is 71.0 Å². The van der Waals surface area contributed by atoms with Gasteiger partial charge in [-0.1, -0.05) is 60.1 Å². The highest BCUT2D eigenvalue weighted by Crippen LogP contribution is 2.33. The van der Waals surface area contributed by atoms with Crippen molar-refractivity contribution in [1.29, 1.82) is 0 Å². The zero-order chi connectivity index (χ0) is 18.6. The Balaban J connectivity index is 1.70. The first-order chi connectivity index (χ1) is 13.2. The number of rotatable bonds is 5. The predicted octanol–water partition coefficient (Wildman–Crippen LogP) is 5.12. The van der Waals surface area contributed by atoms with Crippen molar-refractivity contribution in [1.82, 2.24) is 14.8 Å². The lowest BCUT2D eigenvalue weighted by Crippen LogP contribution is -2.21. The summed E-state index contributed by atoms with van der Waals surface area (Å²) in [4.78, 5) is 12.3. The molecule has 1 saturated carbocycles. The second-order valence-electron chi connectivity index (χ2n) is 6.69. The van der Waals surface area contributed by atoms with E-state index in [9.17, 15) is 4.79 Å². The van der Waals surface area contributed by atoms with Gasteiger partial charge in [0, 0.05) is 23.6 Å². The van der Waals surface area contributed by atoms with E-state index in [0.717, 1.165) is 35.9 Å². The van der Waals surface area contributed by atoms with E-state index in [0.29, 0.717) is 23.6 Å². The third-order valence-corrected chi connectivity index (χ3v) is 6.25. The van der Waals surface area contributed by atoms with E-state index in [4.69, 9.17) is 11.6 Å². The summed E-state index contributed by atoms with van der Waals surface area (Å²) in [6, 6.07) is 17.9. The first kappa shape index (κ1) is 18.3. The van der Waals surface area contributed by atoms with Crippen molar-refractivity contribution in [3.63, 3.8) is 0 Å². The number of carbonyl (C=O) groups is 1. The Kier molecular flexibility index (Phi) is 5.60. The summed E-state index contributed by atoms with van der Waals surface area (Å²) in [6.07, 6.45) is 4.35. The molecule has 1 aliphatic carbocycles. The van der Waals surface area contributed by atoms with Gasteiger partial charge in [0.05, 0.1) is 5.25 Å². The monoisotopic (exact) mass is 397 g/mol. The minimum absolute atomic E-state index is 0.0291. The maximum Gasteiger partial charge on any atom is 0.196 e. The maximum absolute atomic E-state index is 12.3. The van der Waals surface area contributed by atoms with Crippen LogP contribution >= 0.6 is 23.4 Å². The molecule has 4 rings (SSSR count). The number of hydrogen-bond acceptors (Lipinski definition) is 4. The van der Waals surface area contributed by atoms with Crippen LogP contribution in [0.25, 0.3) is 5.69 Å². The molecular formula is C21H20ClN3OS. The summed E-state index contributed by atoms with van der Waals surface area (Å²) in [7, 11) is 0. The summed E-state index contributed by atoms with van der Waals surface area (Å²) in [5.74, 6) is 1.18. The number of benzene rings is 2. The Bertz CT molecular complexity index is 924. The van der Waals surface area contributed by atoms with Crippen LogP contribution in [0.1, 0.15) is 37.1 Å². The third-order valence-electron chi connectivity index (χ3n) is 4.74. The van der Waals surface area contributed by atoms with Crippen molar-refractivity contribution in [3.8, 4) is 5.69 Å². The molecule has 0 saturated heterocycles. The van der Waals surface area contributed by atoms with E-state index in [2.05, 4.69) is 26.9 Å². The zero-order valence-corrected chi connectivity index (χ0v) is 16.4. The Morgan fingerprint density at radius 3 is 2.56 bits per heavy atom. The largest absolute Gasteiger partial charge is 0.298 e. The maximum atomic E-state index is 12.3. The SMILES string of the molecule is O=C1CCCC[C@@H]1Sc1nnc(Cc2ccccc2)n1-c1ccc(Cl)cc1. The molecule has 0 spiro atoms. The van der Waals surface area contributed by atoms with Gasteiger partial charge in [-0.05, 0) is 42.7 Å². The highest BCUT2D eigenvalue weighted by atomic mass is 35.5. The quantitative estimate of drug-likeness (QED) is 0.599. The number of nitrogens with zero attached hydrogens (tertiary/aromatic N) is 3. The Morgan fingerprint density at radius 2 is 1.81 bits per heavy atom. The minimum atomic E-state index is -0.0291. The number of carbonyl (C=O) groups excluding carboxylic acids is 1. The first-order valence-corrected chi connectivity index (χ1v) is 10.4. The molecule has 0 aliphatic heterocycles. The van der Waals surface area contributed by atoms with E-state index in [-0.39, 0.29) is 5.25 Å². The van der Waals surface area contributed by atoms with Crippen molar-refractivity contribution in [2.24, 2.45) is 0 Å². The van der Waals surface area contributed by atoms with Gasteiger partial charge in [-0.15, -0.1) is 10.2 Å². The van der Waals surface area contributed by atoms with Crippen LogP contribution in [0, 0.1) is 0 Å². The molecule has 4 nitrogen and oxygen atoms in total. The van der Waals surface area contributed by atoms with Crippen LogP contribution in [0.3, 0.4) is 0 Å². The number of aromatic nitrogens is 3. The fourth-order valence-corrected chi connectivity index (χ4v) is 4.64. The highest BCUT2D eigenvalue weighted by Gasteiger charge is 2.26. The highest BCUT2D eigenvalue weighted by molar-refractivity contribution is 8.00. The average Bonchev–Trinajstić information content (AvgIpc) is 3.07. The number of thioether (sulfide) groups is 1. The summed E-state index contributed by atoms with van der Waals surface area (Å²) < 4.78 is 2.05. The molecule has 2 aromatic carbocycles. The van der Waals surface area contributed by atoms with Gasteiger partial charge in [-0.25, -0.2) is 0 Å². The van der Waals surface area contributed by atoms with Gasteiger partial charge in [-0.2, -0.15) is 0 Å². The van der Waals surface area contributed by atoms with Crippen molar-refractivity contribution >= 4 is 29.1 Å². The second kappa shape index (κ2) is 8.28. The molecule has 0 N–H and O–H groups in total. The summed E-state index contributed by atoms with van der Waals surface area (Å²) in [5, 5.41) is 10.3. The Labute approximate surface area is 168 Å². The first-order valence-electron chi connectivity index (χ1n) is 9.14. The smallest absolute Gasteiger partial charge is 0.196 e. The van der Waals surface area contributed by atoms with Gasteiger partial charge >= 0.3 is 0 Å². The van der Waals surface area contributed by atoms with Gasteiger partial charge in [0.2, 0.25) is 0 Å². The topological polar surface area (TPSA) is 47.8 Å². The lowest BCUT2D eigenvalue weighted by atomic mass is 9.99. The van der Waals surface area contributed by atoms with Crippen LogP contribution in [0.4, 0.5) is 0 Å². The number of ketones is 1. The van der Waals surface area contributed by atoms with E-state index < -0.39 is 0 Å². The molecular weight excluding hydrogens is 378 g/mol. The molecule has 1 aromatic heterocycles. The van der Waals surface area contributed by atoms with Gasteiger partial charge in [-0.3, -0.25) is 9.36 Å². The van der Waals surface area contributed by atoms with E-state index >= 15 is 0 Å². The Hall–Kier alpha value is -2.11. The molecule has 0 bridgehead atoms. The molecule has 3 aromatic rings. The fraction of sp³-hybridized carbons (Fsp3) is 0.286. The molecule has 0 radical (unpaired) electrons. The molecule has 1 aliphatic rings. The van der Waals surface area contributed by atoms with Gasteiger partial charge in [0.1, 0.15) is 11.6 Å². The number of hydrogen-bond donors (Lipinski definition) is 0. The summed E-state index contributed by atoms with van der Waals surface area (Å²) >= 11 is 7.60. The van der Waals surface area contributed by atoms with Crippen LogP contribution in [0.2, 0.25) is 5.02 Å². The fourth-order valence-electron chi connectivity index (χ4n) is 3.32. The van der Waals surface area contributed by atoms with Crippen molar-refractivity contribution in [2.75, 3.05) is 0 Å². The molecule has 0 unspecified atom stereocenters. The van der Waals surface area contributed by atoms with Crippen molar-refractivity contribution in [2.45, 2.75) is 42.5 Å². The van der Waals surface area contributed by atoms with Gasteiger partial charge in [0.15, 0.2) is 5.16 Å². The van der Waals surface area contributed by atoms with Gasteiger partial charge in [0.25, 0.3) is 0 Å². The van der Waals surface area contributed by atoms with E-state index in [1.54, 1.807) is 0 Å². The van der Waals surface area contributed by atoms with E-state index in [1.165, 1.54) is 17.3 Å². The molecule has 1 heterocycles. The summed E-state index contributed by atoms with van der Waals surface area (Å²) in [6.45, 7) is 0.